The van der Waals surface area contributed by atoms with Crippen molar-refractivity contribution in [1.82, 2.24) is 19.6 Å². The normalized spacial score (nSPS) is 17.5. The Balaban J connectivity index is 0.00000132. The molecule has 128 valence electrons. The number of amides is 1. The molecule has 0 unspecified atom stereocenters. The number of halogens is 4. The summed E-state index contributed by atoms with van der Waals surface area (Å²) in [6, 6.07) is 1.86. The molecule has 2 aromatic rings. The van der Waals surface area contributed by atoms with Gasteiger partial charge in [0.1, 0.15) is 0 Å². The van der Waals surface area contributed by atoms with Crippen molar-refractivity contribution in [3.63, 3.8) is 0 Å². The van der Waals surface area contributed by atoms with Crippen molar-refractivity contribution in [2.45, 2.75) is 19.4 Å². The molecule has 3 rings (SSSR count). The molecule has 23 heavy (non-hydrogen) atoms. The first-order valence-electron chi connectivity index (χ1n) is 6.87. The fourth-order valence-electron chi connectivity index (χ4n) is 2.63. The van der Waals surface area contributed by atoms with Gasteiger partial charge in [-0.05, 0) is 13.0 Å². The Morgan fingerprint density at radius 3 is 2.83 bits per heavy atom. The summed E-state index contributed by atoms with van der Waals surface area (Å²) in [5.74, 6) is 0.0922. The summed E-state index contributed by atoms with van der Waals surface area (Å²) < 4.78 is 1.76. The molecule has 0 bridgehead atoms. The van der Waals surface area contributed by atoms with Crippen molar-refractivity contribution in [3.8, 4) is 0 Å². The van der Waals surface area contributed by atoms with Crippen LogP contribution in [0.1, 0.15) is 12.6 Å². The zero-order valence-electron chi connectivity index (χ0n) is 12.5. The predicted molar refractivity (Wildman–Crippen MR) is 97.5 cm³/mol. The van der Waals surface area contributed by atoms with Crippen LogP contribution in [0.4, 0.5) is 0 Å². The number of pyridine rings is 1. The summed E-state index contributed by atoms with van der Waals surface area (Å²) in [6.07, 6.45) is 3.81. The summed E-state index contributed by atoms with van der Waals surface area (Å²) in [4.78, 5) is 18.7. The fraction of sp³-hybridized carbons (Fsp3) is 0.429. The number of aromatic nitrogens is 2. The van der Waals surface area contributed by atoms with Gasteiger partial charge in [0.2, 0.25) is 5.91 Å². The highest BCUT2D eigenvalue weighted by Crippen LogP contribution is 2.22. The van der Waals surface area contributed by atoms with Crippen LogP contribution in [0, 0.1) is 0 Å². The molecule has 1 saturated heterocycles. The van der Waals surface area contributed by atoms with Crippen molar-refractivity contribution in [2.24, 2.45) is 0 Å². The summed E-state index contributed by atoms with van der Waals surface area (Å²) in [5, 5.41) is 4.30. The van der Waals surface area contributed by atoms with Crippen LogP contribution in [0.15, 0.2) is 18.5 Å². The Kier molecular flexibility index (Phi) is 7.42. The zero-order chi connectivity index (χ0) is 15.0. The third kappa shape index (κ3) is 4.43. The van der Waals surface area contributed by atoms with Gasteiger partial charge in [0, 0.05) is 38.1 Å². The number of hydrogen-bond acceptors (Lipinski definition) is 3. The molecule has 0 aromatic carbocycles. The van der Waals surface area contributed by atoms with Crippen molar-refractivity contribution >= 4 is 59.6 Å². The number of nitrogens with one attached hydrogen (secondary N) is 1. The number of carbonyl (C=O) groups excluding carboxylic acids is 1. The molecule has 3 heterocycles. The lowest BCUT2D eigenvalue weighted by molar-refractivity contribution is -0.133. The second-order valence-electron chi connectivity index (χ2n) is 5.29. The van der Waals surface area contributed by atoms with E-state index in [0.717, 1.165) is 19.6 Å². The number of imidazole rings is 1. The van der Waals surface area contributed by atoms with Gasteiger partial charge >= 0.3 is 0 Å². The number of fused-ring (bicyclic) bond motifs is 1. The minimum Gasteiger partial charge on any atom is -0.337 e. The molecule has 1 amide bonds. The monoisotopic (exact) mass is 398 g/mol. The molecule has 1 aliphatic heterocycles. The first-order chi connectivity index (χ1) is 10.0. The van der Waals surface area contributed by atoms with Gasteiger partial charge in [-0.3, -0.25) is 4.79 Å². The van der Waals surface area contributed by atoms with Crippen LogP contribution in [-0.2, 0) is 11.2 Å². The molecular weight excluding hydrogens is 382 g/mol. The fourth-order valence-corrected chi connectivity index (χ4v) is 3.16. The van der Waals surface area contributed by atoms with Crippen LogP contribution in [0.2, 0.25) is 10.0 Å². The maximum Gasteiger partial charge on any atom is 0.228 e. The van der Waals surface area contributed by atoms with E-state index in [2.05, 4.69) is 10.3 Å². The van der Waals surface area contributed by atoms with Crippen LogP contribution in [-0.4, -0.2) is 45.9 Å². The Hall–Kier alpha value is -0.720. The molecule has 0 spiro atoms. The van der Waals surface area contributed by atoms with E-state index in [9.17, 15) is 4.79 Å². The van der Waals surface area contributed by atoms with Gasteiger partial charge < -0.3 is 14.6 Å². The minimum absolute atomic E-state index is 0. The Morgan fingerprint density at radius 1 is 1.39 bits per heavy atom. The number of hydrogen-bond donors (Lipinski definition) is 1. The van der Waals surface area contributed by atoms with Gasteiger partial charge in [0.25, 0.3) is 0 Å². The molecule has 5 nitrogen and oxygen atoms in total. The van der Waals surface area contributed by atoms with Crippen molar-refractivity contribution in [2.75, 3.05) is 19.6 Å². The van der Waals surface area contributed by atoms with Crippen LogP contribution in [0.3, 0.4) is 0 Å². The van der Waals surface area contributed by atoms with Gasteiger partial charge in [-0.1, -0.05) is 23.2 Å². The van der Waals surface area contributed by atoms with E-state index in [1.165, 1.54) is 0 Å². The quantitative estimate of drug-likeness (QED) is 0.844. The Morgan fingerprint density at radius 2 is 2.13 bits per heavy atom. The predicted octanol–water partition coefficient (Wildman–Crippen LogP) is 2.85. The van der Waals surface area contributed by atoms with E-state index in [1.807, 2.05) is 11.8 Å². The van der Waals surface area contributed by atoms with E-state index in [-0.39, 0.29) is 43.2 Å². The topological polar surface area (TPSA) is 49.6 Å². The summed E-state index contributed by atoms with van der Waals surface area (Å²) in [7, 11) is 0. The molecule has 1 aliphatic rings. The number of nitrogens with zero attached hydrogens (tertiary/aromatic N) is 3. The molecule has 0 radical (unpaired) electrons. The molecule has 9 heteroatoms. The van der Waals surface area contributed by atoms with E-state index >= 15 is 0 Å². The molecule has 2 aromatic heterocycles. The summed E-state index contributed by atoms with van der Waals surface area (Å²) in [6.45, 7) is 4.45. The molecule has 0 aliphatic carbocycles. The maximum atomic E-state index is 12.4. The number of carbonyl (C=O) groups is 1. The first-order valence-corrected chi connectivity index (χ1v) is 7.63. The Bertz CT molecular complexity index is 691. The molecule has 1 fully saturated rings. The van der Waals surface area contributed by atoms with Crippen LogP contribution in [0.25, 0.3) is 5.65 Å². The smallest absolute Gasteiger partial charge is 0.228 e. The number of rotatable bonds is 2. The Labute approximate surface area is 157 Å². The average Bonchev–Trinajstić information content (AvgIpc) is 2.81. The SMILES string of the molecule is C[C@H]1CNCCN1C(=O)Cc1cn2cc(Cl)cc(Cl)c2n1.Cl.Cl. The van der Waals surface area contributed by atoms with E-state index in [4.69, 9.17) is 23.2 Å². The lowest BCUT2D eigenvalue weighted by atomic mass is 10.2. The van der Waals surface area contributed by atoms with Gasteiger partial charge in [-0.25, -0.2) is 4.98 Å². The highest BCUT2D eigenvalue weighted by atomic mass is 35.5. The van der Waals surface area contributed by atoms with Gasteiger partial charge in [-0.15, -0.1) is 24.8 Å². The molecule has 1 atom stereocenters. The average molecular weight is 400 g/mol. The maximum absolute atomic E-state index is 12.4. The highest BCUT2D eigenvalue weighted by Gasteiger charge is 2.23. The van der Waals surface area contributed by atoms with Crippen LogP contribution >= 0.6 is 48.0 Å². The zero-order valence-corrected chi connectivity index (χ0v) is 15.6. The lowest BCUT2D eigenvalue weighted by Gasteiger charge is -2.33. The van der Waals surface area contributed by atoms with E-state index in [0.29, 0.717) is 21.4 Å². The van der Waals surface area contributed by atoms with Gasteiger partial charge in [-0.2, -0.15) is 0 Å². The van der Waals surface area contributed by atoms with E-state index in [1.54, 1.807) is 22.9 Å². The number of piperazine rings is 1. The van der Waals surface area contributed by atoms with E-state index < -0.39 is 0 Å². The third-order valence-corrected chi connectivity index (χ3v) is 4.16. The highest BCUT2D eigenvalue weighted by molar-refractivity contribution is 6.36. The largest absolute Gasteiger partial charge is 0.337 e. The molecular formula is C14H18Cl4N4O. The second kappa shape index (κ2) is 8.40. The second-order valence-corrected chi connectivity index (χ2v) is 6.13. The summed E-state index contributed by atoms with van der Waals surface area (Å²) >= 11 is 12.1. The summed E-state index contributed by atoms with van der Waals surface area (Å²) in [5.41, 5.74) is 1.33. The van der Waals surface area contributed by atoms with Crippen molar-refractivity contribution in [3.05, 3.63) is 34.2 Å². The molecule has 0 saturated carbocycles. The standard InChI is InChI=1S/C14H16Cl2N4O.2ClH/c1-9-6-17-2-3-20(9)13(21)5-11-8-19-7-10(15)4-12(16)14(19)18-11;;/h4,7-9,17H,2-3,5-6H2,1H3;2*1H/t9-;;/m0../s1. The van der Waals surface area contributed by atoms with Crippen LogP contribution in [0.5, 0.6) is 0 Å². The van der Waals surface area contributed by atoms with Crippen molar-refractivity contribution in [1.29, 1.82) is 0 Å². The van der Waals surface area contributed by atoms with Gasteiger partial charge in [0.05, 0.1) is 22.2 Å². The molecule has 1 N–H and O–H groups in total. The lowest BCUT2D eigenvalue weighted by Crippen LogP contribution is -2.52. The minimum atomic E-state index is 0. The van der Waals surface area contributed by atoms with Gasteiger partial charge in [0.15, 0.2) is 5.65 Å². The van der Waals surface area contributed by atoms with Crippen molar-refractivity contribution < 1.29 is 4.79 Å². The first kappa shape index (κ1) is 20.3. The van der Waals surface area contributed by atoms with Crippen LogP contribution < -0.4 is 5.32 Å². The third-order valence-electron chi connectivity index (χ3n) is 3.68.